The molecule has 0 aliphatic carbocycles. The first-order valence-electron chi connectivity index (χ1n) is 4.97. The van der Waals surface area contributed by atoms with Crippen LogP contribution in [0.2, 0.25) is 5.02 Å². The van der Waals surface area contributed by atoms with Gasteiger partial charge in [0.25, 0.3) is 5.91 Å². The molecule has 0 radical (unpaired) electrons. The van der Waals surface area contributed by atoms with Crippen molar-refractivity contribution in [2.75, 3.05) is 0 Å². The number of nitrogens with zero attached hydrogens (tertiary/aromatic N) is 2. The lowest BCUT2D eigenvalue weighted by molar-refractivity contribution is -0.128. The topological polar surface area (TPSA) is 89.0 Å². The lowest BCUT2D eigenvalue weighted by Crippen LogP contribution is -2.33. The highest BCUT2D eigenvalue weighted by atomic mass is 35.5. The van der Waals surface area contributed by atoms with Crippen LogP contribution in [0.25, 0.3) is 0 Å². The third-order valence-corrected chi connectivity index (χ3v) is 2.36. The second kappa shape index (κ2) is 5.37. The highest BCUT2D eigenvalue weighted by Gasteiger charge is 2.07. The van der Waals surface area contributed by atoms with Crippen LogP contribution < -0.4 is 16.0 Å². The fourth-order valence-corrected chi connectivity index (χ4v) is 1.38. The summed E-state index contributed by atoms with van der Waals surface area (Å²) in [6.07, 6.45) is 1.22. The molecule has 1 aromatic heterocycles. The van der Waals surface area contributed by atoms with E-state index in [0.717, 1.165) is 4.57 Å². The quantitative estimate of drug-likeness (QED) is 0.783. The van der Waals surface area contributed by atoms with Gasteiger partial charge in [0.15, 0.2) is 5.75 Å². The third kappa shape index (κ3) is 2.89. The average molecular weight is 269 g/mol. The number of rotatable bonds is 4. The summed E-state index contributed by atoms with van der Waals surface area (Å²) >= 11 is 5.83. The summed E-state index contributed by atoms with van der Waals surface area (Å²) in [5, 5.41) is 6.04. The van der Waals surface area contributed by atoms with E-state index >= 15 is 0 Å². The van der Waals surface area contributed by atoms with Crippen LogP contribution in [0, 0.1) is 0 Å². The minimum atomic E-state index is -0.501. The summed E-state index contributed by atoms with van der Waals surface area (Å²) in [6.45, 7) is -0.195. The van der Waals surface area contributed by atoms with Gasteiger partial charge in [-0.2, -0.15) is 10.6 Å². The molecule has 0 aliphatic rings. The standard InChI is InChI=1S/C10H9ClN4O3/c11-7-3-1-2-4-8(7)18-14-9(16)5-15-6-12-13-10(15)17/h1-4,6H,5H2,(H,13,17)(H,14,16). The highest BCUT2D eigenvalue weighted by Crippen LogP contribution is 2.21. The number of nitrogens with one attached hydrogen (secondary N) is 2. The van der Waals surface area contributed by atoms with E-state index < -0.39 is 11.6 Å². The van der Waals surface area contributed by atoms with Gasteiger partial charge in [-0.15, -0.1) is 0 Å². The van der Waals surface area contributed by atoms with Gasteiger partial charge in [-0.1, -0.05) is 23.7 Å². The van der Waals surface area contributed by atoms with Crippen molar-refractivity contribution in [1.29, 1.82) is 0 Å². The number of aromatic nitrogens is 3. The summed E-state index contributed by atoms with van der Waals surface area (Å²) in [5.41, 5.74) is 1.71. The molecule has 0 aliphatic heterocycles. The van der Waals surface area contributed by atoms with E-state index in [1.54, 1.807) is 24.3 Å². The molecular formula is C10H9ClN4O3. The number of carbonyl (C=O) groups is 1. The van der Waals surface area contributed by atoms with Crippen molar-refractivity contribution in [3.05, 3.63) is 46.1 Å². The number of carbonyl (C=O) groups excluding carboxylic acids is 1. The number of halogens is 1. The first kappa shape index (κ1) is 12.2. The summed E-state index contributed by atoms with van der Waals surface area (Å²) in [5.74, 6) is -0.175. The van der Waals surface area contributed by atoms with Crippen molar-refractivity contribution in [2.45, 2.75) is 6.54 Å². The maximum atomic E-state index is 11.5. The van der Waals surface area contributed by atoms with Gasteiger partial charge in [0.05, 0.1) is 5.02 Å². The number of hydrogen-bond acceptors (Lipinski definition) is 4. The van der Waals surface area contributed by atoms with Crippen LogP contribution in [0.1, 0.15) is 0 Å². The van der Waals surface area contributed by atoms with Crippen LogP contribution in [-0.2, 0) is 11.3 Å². The number of hydroxylamine groups is 1. The minimum absolute atomic E-state index is 0.195. The van der Waals surface area contributed by atoms with Crippen molar-refractivity contribution in [1.82, 2.24) is 20.2 Å². The average Bonchev–Trinajstić information content (AvgIpc) is 2.74. The molecule has 18 heavy (non-hydrogen) atoms. The van der Waals surface area contributed by atoms with Crippen LogP contribution in [0.3, 0.4) is 0 Å². The van der Waals surface area contributed by atoms with Crippen LogP contribution in [0.15, 0.2) is 35.4 Å². The Balaban J connectivity index is 1.92. The number of aromatic amines is 1. The van der Waals surface area contributed by atoms with Crippen molar-refractivity contribution in [3.63, 3.8) is 0 Å². The molecule has 8 heteroatoms. The Labute approximate surface area is 106 Å². The zero-order chi connectivity index (χ0) is 13.0. The fourth-order valence-electron chi connectivity index (χ4n) is 1.21. The molecule has 2 aromatic rings. The molecule has 1 aromatic carbocycles. The molecule has 0 saturated carbocycles. The van der Waals surface area contributed by atoms with Gasteiger partial charge >= 0.3 is 5.69 Å². The van der Waals surface area contributed by atoms with Gasteiger partial charge in [-0.05, 0) is 12.1 Å². The van der Waals surface area contributed by atoms with E-state index in [9.17, 15) is 9.59 Å². The van der Waals surface area contributed by atoms with Gasteiger partial charge in [-0.25, -0.2) is 9.89 Å². The van der Waals surface area contributed by atoms with Crippen molar-refractivity contribution in [2.24, 2.45) is 0 Å². The maximum absolute atomic E-state index is 11.5. The molecule has 0 bridgehead atoms. The highest BCUT2D eigenvalue weighted by molar-refractivity contribution is 6.32. The second-order valence-electron chi connectivity index (χ2n) is 3.35. The van der Waals surface area contributed by atoms with Crippen molar-refractivity contribution >= 4 is 17.5 Å². The SMILES string of the molecule is O=C(Cn1cn[nH]c1=O)NOc1ccccc1Cl. The molecule has 0 spiro atoms. The predicted octanol–water partition coefficient (Wildman–Crippen LogP) is 0.335. The Morgan fingerprint density at radius 3 is 2.94 bits per heavy atom. The van der Waals surface area contributed by atoms with E-state index in [1.165, 1.54) is 6.33 Å². The van der Waals surface area contributed by atoms with Crippen molar-refractivity contribution in [3.8, 4) is 5.75 Å². The monoisotopic (exact) mass is 268 g/mol. The Morgan fingerprint density at radius 1 is 1.50 bits per heavy atom. The molecule has 7 nitrogen and oxygen atoms in total. The van der Waals surface area contributed by atoms with Gasteiger partial charge in [0.1, 0.15) is 12.9 Å². The van der Waals surface area contributed by atoms with Crippen LogP contribution in [0.4, 0.5) is 0 Å². The molecular weight excluding hydrogens is 260 g/mol. The second-order valence-corrected chi connectivity index (χ2v) is 3.75. The number of para-hydroxylation sites is 1. The van der Waals surface area contributed by atoms with Gasteiger partial charge in [0.2, 0.25) is 0 Å². The number of benzene rings is 1. The van der Waals surface area contributed by atoms with Crippen LogP contribution in [0.5, 0.6) is 5.75 Å². The zero-order valence-electron chi connectivity index (χ0n) is 9.09. The molecule has 0 saturated heterocycles. The van der Waals surface area contributed by atoms with Gasteiger partial charge in [0, 0.05) is 0 Å². The van der Waals surface area contributed by atoms with E-state index in [0.29, 0.717) is 10.8 Å². The predicted molar refractivity (Wildman–Crippen MR) is 63.1 cm³/mol. The molecule has 0 unspecified atom stereocenters. The third-order valence-electron chi connectivity index (χ3n) is 2.04. The van der Waals surface area contributed by atoms with E-state index in [4.69, 9.17) is 16.4 Å². The first-order chi connectivity index (χ1) is 8.66. The summed E-state index contributed by atoms with van der Waals surface area (Å²) in [6, 6.07) is 6.69. The number of amides is 1. The Bertz CT molecular complexity index is 607. The largest absolute Gasteiger partial charge is 0.378 e. The van der Waals surface area contributed by atoms with Gasteiger partial charge in [-0.3, -0.25) is 9.36 Å². The smallest absolute Gasteiger partial charge is 0.343 e. The van der Waals surface area contributed by atoms with E-state index in [1.807, 2.05) is 0 Å². The van der Waals surface area contributed by atoms with Gasteiger partial charge < -0.3 is 4.84 Å². The Kier molecular flexibility index (Phi) is 3.63. The number of H-pyrrole nitrogens is 1. The molecule has 94 valence electrons. The van der Waals surface area contributed by atoms with Crippen LogP contribution in [-0.4, -0.2) is 20.7 Å². The normalized spacial score (nSPS) is 10.1. The Hall–Kier alpha value is -2.28. The molecule has 0 fully saturated rings. The lowest BCUT2D eigenvalue weighted by Gasteiger charge is -2.07. The molecule has 0 atom stereocenters. The van der Waals surface area contributed by atoms with E-state index in [2.05, 4.69) is 15.7 Å². The molecule has 1 amide bonds. The summed E-state index contributed by atoms with van der Waals surface area (Å²) < 4.78 is 1.10. The maximum Gasteiger partial charge on any atom is 0.343 e. The Morgan fingerprint density at radius 2 is 2.28 bits per heavy atom. The molecule has 2 rings (SSSR count). The van der Waals surface area contributed by atoms with Crippen LogP contribution >= 0.6 is 11.6 Å². The minimum Gasteiger partial charge on any atom is -0.378 e. The summed E-state index contributed by atoms with van der Waals surface area (Å²) in [4.78, 5) is 27.6. The summed E-state index contributed by atoms with van der Waals surface area (Å²) in [7, 11) is 0. The number of hydrogen-bond donors (Lipinski definition) is 2. The van der Waals surface area contributed by atoms with Crippen molar-refractivity contribution < 1.29 is 9.63 Å². The first-order valence-corrected chi connectivity index (χ1v) is 5.34. The van der Waals surface area contributed by atoms with E-state index in [-0.39, 0.29) is 6.54 Å². The zero-order valence-corrected chi connectivity index (χ0v) is 9.85. The molecule has 1 heterocycles. The molecule has 2 N–H and O–H groups in total. The lowest BCUT2D eigenvalue weighted by atomic mass is 10.3. The fraction of sp³-hybridized carbons (Fsp3) is 0.100.